The number of hydrogen-bond donors (Lipinski definition) is 2. The quantitative estimate of drug-likeness (QED) is 0.477. The molecule has 0 radical (unpaired) electrons. The van der Waals surface area contributed by atoms with Gasteiger partial charge in [0.2, 0.25) is 5.91 Å². The maximum atomic E-state index is 14.5. The number of likely N-dealkylation sites (tertiary alicyclic amines) is 1. The number of fused-ring (bicyclic) bond motifs is 2. The monoisotopic (exact) mass is 617 g/mol. The molecule has 43 heavy (non-hydrogen) atoms. The molecule has 3 aliphatic heterocycles. The predicted octanol–water partition coefficient (Wildman–Crippen LogP) is 3.53. The van der Waals surface area contributed by atoms with Gasteiger partial charge in [-0.05, 0) is 54.6 Å². The Morgan fingerprint density at radius 2 is 2.07 bits per heavy atom. The standard InChI is InChI=1S/C31H38F3N5O3S/c1-41-27-18-42-10-8-26(27)37-24-12-23-17-39(29(43)36-14-20-5-3-2-4-6-20)19-30(23,13-24)28(40)38-9-7-25-21(16-38)11-22(15-35-25)31(32,33)34/h2-6,11,15,23-24,26-27,37H,7-10,12-14,16-19H2,1H3,(H,36,43)/t23-,24+,26?,27?,30-/m0/s1. The molecule has 2 N–H and O–H groups in total. The fourth-order valence-corrected chi connectivity index (χ4v) is 7.59. The molecule has 2 unspecified atom stereocenters. The van der Waals surface area contributed by atoms with E-state index >= 15 is 0 Å². The molecule has 5 atom stereocenters. The lowest BCUT2D eigenvalue weighted by Crippen LogP contribution is -2.52. The van der Waals surface area contributed by atoms with E-state index in [1.165, 1.54) is 0 Å². The summed E-state index contributed by atoms with van der Waals surface area (Å²) in [6.07, 6.45) is -0.951. The second-order valence-corrected chi connectivity index (χ2v) is 12.6. The third-order valence-electron chi connectivity index (χ3n) is 9.59. The van der Waals surface area contributed by atoms with E-state index in [-0.39, 0.29) is 36.6 Å². The van der Waals surface area contributed by atoms with E-state index in [0.29, 0.717) is 68.6 Å². The molecule has 0 spiro atoms. The zero-order valence-electron chi connectivity index (χ0n) is 24.2. The first kappa shape index (κ1) is 30.2. The van der Waals surface area contributed by atoms with Crippen molar-refractivity contribution in [3.05, 3.63) is 65.0 Å². The van der Waals surface area contributed by atoms with E-state index < -0.39 is 17.2 Å². The highest BCUT2D eigenvalue weighted by Gasteiger charge is 2.59. The highest BCUT2D eigenvalue weighted by atomic mass is 32.1. The summed E-state index contributed by atoms with van der Waals surface area (Å²) in [6.45, 7) is 3.46. The first-order chi connectivity index (χ1) is 20.7. The minimum Gasteiger partial charge on any atom is -0.379 e. The maximum absolute atomic E-state index is 14.5. The topological polar surface area (TPSA) is 79.0 Å². The number of nitrogens with zero attached hydrogens (tertiary/aromatic N) is 3. The van der Waals surface area contributed by atoms with Crippen LogP contribution in [0.15, 0.2) is 42.6 Å². The number of benzene rings is 1. The first-order valence-electron chi connectivity index (χ1n) is 14.9. The van der Waals surface area contributed by atoms with Crippen LogP contribution >= 0.6 is 12.2 Å². The molecule has 4 aliphatic rings. The van der Waals surface area contributed by atoms with Crippen LogP contribution < -0.4 is 10.6 Å². The summed E-state index contributed by atoms with van der Waals surface area (Å²) >= 11 is 5.81. The molecule has 4 heterocycles. The van der Waals surface area contributed by atoms with Crippen LogP contribution in [0.25, 0.3) is 0 Å². The third-order valence-corrected chi connectivity index (χ3v) is 9.99. The third kappa shape index (κ3) is 6.25. The van der Waals surface area contributed by atoms with E-state index in [1.54, 1.807) is 12.0 Å². The zero-order chi connectivity index (χ0) is 30.2. The molecule has 0 bridgehead atoms. The van der Waals surface area contributed by atoms with Crippen LogP contribution in [-0.4, -0.2) is 83.9 Å². The van der Waals surface area contributed by atoms with Crippen LogP contribution in [0.1, 0.15) is 41.6 Å². The van der Waals surface area contributed by atoms with Gasteiger partial charge in [0.05, 0.1) is 23.7 Å². The predicted molar refractivity (Wildman–Crippen MR) is 158 cm³/mol. The van der Waals surface area contributed by atoms with Crippen molar-refractivity contribution >= 4 is 23.2 Å². The molecule has 1 aromatic carbocycles. The zero-order valence-corrected chi connectivity index (χ0v) is 25.1. The van der Waals surface area contributed by atoms with Gasteiger partial charge in [-0.15, -0.1) is 0 Å². The molecule has 1 amide bonds. The second kappa shape index (κ2) is 12.3. The van der Waals surface area contributed by atoms with Crippen molar-refractivity contribution in [2.24, 2.45) is 11.3 Å². The summed E-state index contributed by atoms with van der Waals surface area (Å²) in [5.41, 5.74) is 0.725. The number of nitrogens with one attached hydrogen (secondary N) is 2. The fourth-order valence-electron chi connectivity index (χ4n) is 7.38. The van der Waals surface area contributed by atoms with E-state index in [1.807, 2.05) is 30.3 Å². The lowest BCUT2D eigenvalue weighted by Gasteiger charge is -2.38. The highest BCUT2D eigenvalue weighted by Crippen LogP contribution is 2.51. The number of aromatic nitrogens is 1. The number of rotatable bonds is 6. The van der Waals surface area contributed by atoms with E-state index in [0.717, 1.165) is 30.7 Å². The van der Waals surface area contributed by atoms with Gasteiger partial charge in [-0.1, -0.05) is 30.3 Å². The molecular weight excluding hydrogens is 579 g/mol. The van der Waals surface area contributed by atoms with Gasteiger partial charge in [-0.3, -0.25) is 9.78 Å². The van der Waals surface area contributed by atoms with Crippen molar-refractivity contribution in [2.45, 2.75) is 63.1 Å². The summed E-state index contributed by atoms with van der Waals surface area (Å²) in [4.78, 5) is 22.5. The Morgan fingerprint density at radius 3 is 2.84 bits per heavy atom. The van der Waals surface area contributed by atoms with Crippen molar-refractivity contribution in [1.29, 1.82) is 0 Å². The lowest BCUT2D eigenvalue weighted by atomic mass is 9.78. The molecule has 3 fully saturated rings. The molecule has 1 aromatic heterocycles. The number of pyridine rings is 1. The SMILES string of the molecule is COC1COCCC1N[C@@H]1C[C@H]2CN(C(=S)NCc3ccccc3)C[C@@]2(C(=O)N2CCc3ncc(C(F)(F)F)cc3C2)C1. The van der Waals surface area contributed by atoms with Crippen molar-refractivity contribution in [2.75, 3.05) is 40.0 Å². The van der Waals surface area contributed by atoms with Crippen LogP contribution in [0.4, 0.5) is 13.2 Å². The second-order valence-electron chi connectivity index (χ2n) is 12.2. The average Bonchev–Trinajstić information content (AvgIpc) is 3.54. The molecule has 12 heteroatoms. The normalized spacial score (nSPS) is 28.8. The van der Waals surface area contributed by atoms with E-state index in [9.17, 15) is 18.0 Å². The van der Waals surface area contributed by atoms with Crippen molar-refractivity contribution in [3.63, 3.8) is 0 Å². The summed E-state index contributed by atoms with van der Waals surface area (Å²) < 4.78 is 51.6. The molecule has 8 nitrogen and oxygen atoms in total. The van der Waals surface area contributed by atoms with Crippen molar-refractivity contribution < 1.29 is 27.4 Å². The Balaban J connectivity index is 1.21. The Bertz CT molecular complexity index is 1330. The van der Waals surface area contributed by atoms with Crippen LogP contribution in [0.2, 0.25) is 0 Å². The number of ether oxygens (including phenoxy) is 2. The summed E-state index contributed by atoms with van der Waals surface area (Å²) in [5, 5.41) is 7.76. The highest BCUT2D eigenvalue weighted by molar-refractivity contribution is 7.80. The molecule has 1 aliphatic carbocycles. The van der Waals surface area contributed by atoms with Crippen molar-refractivity contribution in [3.8, 4) is 0 Å². The van der Waals surface area contributed by atoms with Gasteiger partial charge in [0.25, 0.3) is 0 Å². The summed E-state index contributed by atoms with van der Waals surface area (Å²) in [5.74, 6) is 0.0457. The summed E-state index contributed by atoms with van der Waals surface area (Å²) in [7, 11) is 1.69. The molecule has 232 valence electrons. The lowest BCUT2D eigenvalue weighted by molar-refractivity contribution is -0.143. The number of hydrogen-bond acceptors (Lipinski definition) is 6. The Morgan fingerprint density at radius 1 is 1.26 bits per heavy atom. The summed E-state index contributed by atoms with van der Waals surface area (Å²) in [6, 6.07) is 11.4. The largest absolute Gasteiger partial charge is 0.417 e. The average molecular weight is 618 g/mol. The molecule has 6 rings (SSSR count). The van der Waals surface area contributed by atoms with Crippen LogP contribution in [0, 0.1) is 11.3 Å². The van der Waals surface area contributed by atoms with Gasteiger partial charge in [-0.25, -0.2) is 0 Å². The number of methoxy groups -OCH3 is 1. The maximum Gasteiger partial charge on any atom is 0.417 e. The van der Waals surface area contributed by atoms with Crippen LogP contribution in [-0.2, 0) is 40.0 Å². The van der Waals surface area contributed by atoms with E-state index in [4.69, 9.17) is 21.7 Å². The minimum absolute atomic E-state index is 0.00603. The van der Waals surface area contributed by atoms with Gasteiger partial charge in [0, 0.05) is 76.8 Å². The number of halogens is 3. The molecule has 2 aromatic rings. The molecule has 1 saturated carbocycles. The van der Waals surface area contributed by atoms with Gasteiger partial charge in [0.15, 0.2) is 5.11 Å². The van der Waals surface area contributed by atoms with Gasteiger partial charge < -0.3 is 29.9 Å². The molecular formula is C31H38F3N5O3S. The Labute approximate surface area is 255 Å². The van der Waals surface area contributed by atoms with Gasteiger partial charge in [0.1, 0.15) is 0 Å². The number of amides is 1. The number of thiocarbonyl (C=S) groups is 1. The van der Waals surface area contributed by atoms with Gasteiger partial charge in [-0.2, -0.15) is 13.2 Å². The number of carbonyl (C=O) groups is 1. The minimum atomic E-state index is -4.49. The van der Waals surface area contributed by atoms with Crippen LogP contribution in [0.3, 0.4) is 0 Å². The Hall–Kier alpha value is -2.80. The smallest absolute Gasteiger partial charge is 0.379 e. The fraction of sp³-hybridized carbons (Fsp3) is 0.581. The number of carbonyl (C=O) groups excluding carboxylic acids is 1. The van der Waals surface area contributed by atoms with E-state index in [2.05, 4.69) is 20.5 Å². The Kier molecular flexibility index (Phi) is 8.65. The number of alkyl halides is 3. The molecule has 2 saturated heterocycles. The van der Waals surface area contributed by atoms with Crippen molar-refractivity contribution in [1.82, 2.24) is 25.4 Å². The van der Waals surface area contributed by atoms with Gasteiger partial charge >= 0.3 is 6.18 Å². The first-order valence-corrected chi connectivity index (χ1v) is 15.3. The van der Waals surface area contributed by atoms with Crippen LogP contribution in [0.5, 0.6) is 0 Å².